The average Bonchev–Trinajstić information content (AvgIpc) is 2.43. The van der Waals surface area contributed by atoms with E-state index >= 15 is 0 Å². The summed E-state index contributed by atoms with van der Waals surface area (Å²) < 4.78 is 1.71. The maximum Gasteiger partial charge on any atom is 0.0995 e. The molecule has 1 heterocycles. The Hall–Kier alpha value is -0.490. The van der Waals surface area contributed by atoms with E-state index < -0.39 is 0 Å². The molecule has 18 heavy (non-hydrogen) atoms. The van der Waals surface area contributed by atoms with Crippen molar-refractivity contribution in [1.82, 2.24) is 9.97 Å². The quantitative estimate of drug-likeness (QED) is 0.513. The fourth-order valence-electron chi connectivity index (χ4n) is 1.83. The van der Waals surface area contributed by atoms with Gasteiger partial charge in [0.1, 0.15) is 0 Å². The van der Waals surface area contributed by atoms with Crippen LogP contribution in [0.3, 0.4) is 0 Å². The first-order valence-electron chi connectivity index (χ1n) is 5.58. The zero-order valence-electron chi connectivity index (χ0n) is 9.87. The van der Waals surface area contributed by atoms with Crippen LogP contribution in [0.5, 0.6) is 0 Å². The molecule has 92 valence electrons. The molecule has 0 radical (unpaired) electrons. The number of nitriles is 1. The summed E-state index contributed by atoms with van der Waals surface area (Å²) in [4.78, 5) is 9.29. The van der Waals surface area contributed by atoms with Crippen LogP contribution in [0.2, 0.25) is 0 Å². The number of alkyl halides is 2. The lowest BCUT2D eigenvalue weighted by molar-refractivity contribution is 1.08. The first kappa shape index (κ1) is 13.9. The van der Waals surface area contributed by atoms with Gasteiger partial charge in [-0.15, -0.1) is 0 Å². The van der Waals surface area contributed by atoms with Crippen molar-refractivity contribution in [3.8, 4) is 6.07 Å². The largest absolute Gasteiger partial charge is 0.248 e. The number of hydrogen-bond donors (Lipinski definition) is 0. The Balaban J connectivity index is 2.74. The molecule has 0 N–H and O–H groups in total. The van der Waals surface area contributed by atoms with Crippen molar-refractivity contribution < 1.29 is 0 Å². The Morgan fingerprint density at radius 2 is 1.67 bits per heavy atom. The second-order valence-corrected chi connectivity index (χ2v) is 5.37. The van der Waals surface area contributed by atoms with Crippen molar-refractivity contribution in [3.63, 3.8) is 0 Å². The van der Waals surface area contributed by atoms with E-state index in [1.807, 2.05) is 19.1 Å². The molecule has 2 rings (SSSR count). The predicted molar refractivity (Wildman–Crippen MR) is 89.1 cm³/mol. The number of fused-ring (bicyclic) bond motifs is 1. The van der Waals surface area contributed by atoms with Crippen molar-refractivity contribution in [2.75, 3.05) is 0 Å². The van der Waals surface area contributed by atoms with Gasteiger partial charge in [0.2, 0.25) is 0 Å². The number of benzene rings is 1. The van der Waals surface area contributed by atoms with Crippen LogP contribution in [-0.4, -0.2) is 9.97 Å². The second-order valence-electron chi connectivity index (χ2n) is 3.85. The normalized spacial score (nSPS) is 10.6. The van der Waals surface area contributed by atoms with Gasteiger partial charge in [-0.3, -0.25) is 0 Å². The van der Waals surface area contributed by atoms with Gasteiger partial charge in [0.05, 0.1) is 34.1 Å². The highest BCUT2D eigenvalue weighted by molar-refractivity contribution is 14.1. The molecule has 0 amide bonds. The Bertz CT molecular complexity index is 632. The third-order valence-corrected chi connectivity index (χ3v) is 4.24. The highest BCUT2D eigenvalue weighted by atomic mass is 127. The molecule has 0 saturated carbocycles. The molecular weight excluding hydrogens is 452 g/mol. The fraction of sp³-hybridized carbons (Fsp3) is 0.308. The summed E-state index contributed by atoms with van der Waals surface area (Å²) in [5.41, 5.74) is 5.53. The van der Waals surface area contributed by atoms with Gasteiger partial charge in [-0.25, -0.2) is 9.97 Å². The molecular formula is C13H11I2N3. The minimum atomic E-state index is 0.709. The maximum absolute atomic E-state index is 9.14. The lowest BCUT2D eigenvalue weighted by Crippen LogP contribution is -2.00. The van der Waals surface area contributed by atoms with Gasteiger partial charge >= 0.3 is 0 Å². The number of hydrogen-bond acceptors (Lipinski definition) is 3. The minimum Gasteiger partial charge on any atom is -0.248 e. The zero-order chi connectivity index (χ0) is 13.1. The van der Waals surface area contributed by atoms with Crippen molar-refractivity contribution in [3.05, 3.63) is 34.6 Å². The predicted octanol–water partition coefficient (Wildman–Crippen LogP) is 3.93. The highest BCUT2D eigenvalue weighted by Gasteiger charge is 2.10. The summed E-state index contributed by atoms with van der Waals surface area (Å²) in [6.45, 7) is 2.05. The van der Waals surface area contributed by atoms with E-state index in [0.717, 1.165) is 43.3 Å². The third-order valence-electron chi connectivity index (χ3n) is 2.80. The Labute approximate surface area is 133 Å². The third kappa shape index (κ3) is 2.59. The standard InChI is InChI=1S/C13H11I2N3/c1-2-8-3-10-11(4-9(8)7-16)18-13(6-15)12(5-14)17-10/h3-4H,2,5-6H2,1H3. The molecule has 0 aliphatic rings. The van der Waals surface area contributed by atoms with E-state index in [1.165, 1.54) is 0 Å². The van der Waals surface area contributed by atoms with E-state index in [-0.39, 0.29) is 0 Å². The molecule has 5 heteroatoms. The van der Waals surface area contributed by atoms with Crippen LogP contribution in [0, 0.1) is 11.3 Å². The monoisotopic (exact) mass is 463 g/mol. The van der Waals surface area contributed by atoms with Crippen LogP contribution >= 0.6 is 45.2 Å². The molecule has 0 atom stereocenters. The van der Waals surface area contributed by atoms with Crippen molar-refractivity contribution in [1.29, 1.82) is 5.26 Å². The lowest BCUT2D eigenvalue weighted by Gasteiger charge is -2.08. The first-order chi connectivity index (χ1) is 8.73. The van der Waals surface area contributed by atoms with Crippen LogP contribution in [0.1, 0.15) is 29.4 Å². The van der Waals surface area contributed by atoms with Gasteiger partial charge in [0.15, 0.2) is 0 Å². The maximum atomic E-state index is 9.14. The average molecular weight is 463 g/mol. The molecule has 0 unspecified atom stereocenters. The zero-order valence-corrected chi connectivity index (χ0v) is 14.2. The summed E-state index contributed by atoms with van der Waals surface area (Å²) in [5.74, 6) is 0. The van der Waals surface area contributed by atoms with E-state index in [9.17, 15) is 0 Å². The fourth-order valence-corrected chi connectivity index (χ4v) is 3.05. The Morgan fingerprint density at radius 1 is 1.11 bits per heavy atom. The number of halogens is 2. The molecule has 1 aromatic carbocycles. The van der Waals surface area contributed by atoms with Crippen LogP contribution in [0.25, 0.3) is 11.0 Å². The first-order valence-corrected chi connectivity index (χ1v) is 8.63. The summed E-state index contributed by atoms with van der Waals surface area (Å²) in [5, 5.41) is 9.14. The van der Waals surface area contributed by atoms with Gasteiger partial charge in [-0.2, -0.15) is 5.26 Å². The second kappa shape index (κ2) is 6.10. The topological polar surface area (TPSA) is 49.6 Å². The molecule has 0 aliphatic heterocycles. The Kier molecular flexibility index (Phi) is 4.72. The van der Waals surface area contributed by atoms with E-state index in [2.05, 4.69) is 61.2 Å². The van der Waals surface area contributed by atoms with E-state index in [1.54, 1.807) is 0 Å². The van der Waals surface area contributed by atoms with Gasteiger partial charge < -0.3 is 0 Å². The highest BCUT2D eigenvalue weighted by Crippen LogP contribution is 2.21. The molecule has 0 bridgehead atoms. The number of nitrogens with zero attached hydrogens (tertiary/aromatic N) is 3. The smallest absolute Gasteiger partial charge is 0.0995 e. The summed E-state index contributed by atoms with van der Waals surface area (Å²) >= 11 is 4.60. The number of aromatic nitrogens is 2. The van der Waals surface area contributed by atoms with Crippen LogP contribution in [0.15, 0.2) is 12.1 Å². The van der Waals surface area contributed by atoms with E-state index in [0.29, 0.717) is 5.56 Å². The molecule has 3 nitrogen and oxygen atoms in total. The number of aryl methyl sites for hydroxylation is 1. The van der Waals surface area contributed by atoms with Crippen LogP contribution in [0.4, 0.5) is 0 Å². The van der Waals surface area contributed by atoms with Crippen molar-refractivity contribution >= 4 is 56.2 Å². The van der Waals surface area contributed by atoms with Crippen LogP contribution in [-0.2, 0) is 15.3 Å². The lowest BCUT2D eigenvalue weighted by atomic mass is 10.0. The molecule has 1 aromatic heterocycles. The minimum absolute atomic E-state index is 0.709. The molecule has 0 fully saturated rings. The number of rotatable bonds is 3. The van der Waals surface area contributed by atoms with Crippen molar-refractivity contribution in [2.45, 2.75) is 22.2 Å². The van der Waals surface area contributed by atoms with Crippen molar-refractivity contribution in [2.24, 2.45) is 0 Å². The summed E-state index contributed by atoms with van der Waals surface area (Å²) in [6.07, 6.45) is 0.841. The molecule has 0 saturated heterocycles. The van der Waals surface area contributed by atoms with Gasteiger partial charge in [-0.05, 0) is 24.1 Å². The van der Waals surface area contributed by atoms with Crippen LogP contribution < -0.4 is 0 Å². The summed E-state index contributed by atoms with van der Waals surface area (Å²) in [7, 11) is 0. The van der Waals surface area contributed by atoms with E-state index in [4.69, 9.17) is 5.26 Å². The molecule has 0 spiro atoms. The molecule has 0 aliphatic carbocycles. The molecule has 2 aromatic rings. The van der Waals surface area contributed by atoms with Gasteiger partial charge in [0.25, 0.3) is 0 Å². The Morgan fingerprint density at radius 3 is 2.11 bits per heavy atom. The van der Waals surface area contributed by atoms with Gasteiger partial charge in [0, 0.05) is 8.86 Å². The summed E-state index contributed by atoms with van der Waals surface area (Å²) in [6, 6.07) is 6.08. The SMILES string of the molecule is CCc1cc2nc(CI)c(CI)nc2cc1C#N. The van der Waals surface area contributed by atoms with Gasteiger partial charge in [-0.1, -0.05) is 52.1 Å².